The van der Waals surface area contributed by atoms with Crippen LogP contribution < -0.4 is 0 Å². The minimum absolute atomic E-state index is 0.134. The van der Waals surface area contributed by atoms with Crippen molar-refractivity contribution in [1.82, 2.24) is 0 Å². The highest BCUT2D eigenvalue weighted by molar-refractivity contribution is 5.32. The Bertz CT molecular complexity index is 296. The molecule has 2 atom stereocenters. The molecule has 0 heterocycles. The lowest BCUT2D eigenvalue weighted by Crippen LogP contribution is -2.26. The van der Waals surface area contributed by atoms with Crippen LogP contribution in [-0.4, -0.2) is 18.3 Å². The summed E-state index contributed by atoms with van der Waals surface area (Å²) in [4.78, 5) is 0. The topological polar surface area (TPSA) is 29.5 Å². The Morgan fingerprint density at radius 3 is 2.92 bits per heavy atom. The Balaban J connectivity index is 2.39. The SMILES string of the molecule is COC1c2ccccc2CCC1O. The smallest absolute Gasteiger partial charge is 0.108 e. The van der Waals surface area contributed by atoms with Crippen LogP contribution in [0.4, 0.5) is 0 Å². The van der Waals surface area contributed by atoms with E-state index in [4.69, 9.17) is 4.74 Å². The number of hydrogen-bond donors (Lipinski definition) is 1. The van der Waals surface area contributed by atoms with Crippen LogP contribution in [0.2, 0.25) is 0 Å². The van der Waals surface area contributed by atoms with Gasteiger partial charge < -0.3 is 9.84 Å². The van der Waals surface area contributed by atoms with Crippen molar-refractivity contribution in [3.63, 3.8) is 0 Å². The first-order valence-electron chi connectivity index (χ1n) is 4.61. The molecule has 0 radical (unpaired) electrons. The number of benzene rings is 1. The first-order chi connectivity index (χ1) is 6.33. The average Bonchev–Trinajstić information content (AvgIpc) is 2.18. The molecule has 1 aliphatic carbocycles. The van der Waals surface area contributed by atoms with E-state index in [1.807, 2.05) is 18.2 Å². The lowest BCUT2D eigenvalue weighted by molar-refractivity contribution is -0.0233. The highest BCUT2D eigenvalue weighted by Crippen LogP contribution is 2.31. The van der Waals surface area contributed by atoms with Crippen molar-refractivity contribution in [1.29, 1.82) is 0 Å². The molecule has 0 spiro atoms. The van der Waals surface area contributed by atoms with Crippen LogP contribution in [0.1, 0.15) is 23.7 Å². The van der Waals surface area contributed by atoms with E-state index in [1.165, 1.54) is 5.56 Å². The molecule has 2 nitrogen and oxygen atoms in total. The summed E-state index contributed by atoms with van der Waals surface area (Å²) < 4.78 is 5.28. The van der Waals surface area contributed by atoms with Crippen LogP contribution in [0.5, 0.6) is 0 Å². The Morgan fingerprint density at radius 2 is 2.15 bits per heavy atom. The summed E-state index contributed by atoms with van der Waals surface area (Å²) in [7, 11) is 1.65. The Morgan fingerprint density at radius 1 is 1.38 bits per heavy atom. The van der Waals surface area contributed by atoms with Crippen LogP contribution >= 0.6 is 0 Å². The van der Waals surface area contributed by atoms with Crippen molar-refractivity contribution >= 4 is 0 Å². The minimum atomic E-state index is -0.347. The largest absolute Gasteiger partial charge is 0.390 e. The van der Waals surface area contributed by atoms with E-state index in [9.17, 15) is 5.11 Å². The minimum Gasteiger partial charge on any atom is -0.390 e. The molecule has 0 aliphatic heterocycles. The van der Waals surface area contributed by atoms with Gasteiger partial charge in [-0.15, -0.1) is 0 Å². The molecule has 2 unspecified atom stereocenters. The quantitative estimate of drug-likeness (QED) is 0.709. The van der Waals surface area contributed by atoms with Gasteiger partial charge in [0.15, 0.2) is 0 Å². The molecule has 0 amide bonds. The van der Waals surface area contributed by atoms with Gasteiger partial charge in [-0.05, 0) is 24.0 Å². The lowest BCUT2D eigenvalue weighted by Gasteiger charge is -2.28. The molecule has 2 rings (SSSR count). The van der Waals surface area contributed by atoms with Crippen molar-refractivity contribution in [2.75, 3.05) is 7.11 Å². The fourth-order valence-electron chi connectivity index (χ4n) is 1.99. The molecule has 70 valence electrons. The summed E-state index contributed by atoms with van der Waals surface area (Å²) in [6.45, 7) is 0. The highest BCUT2D eigenvalue weighted by atomic mass is 16.5. The molecule has 13 heavy (non-hydrogen) atoms. The maximum Gasteiger partial charge on any atom is 0.108 e. The molecular formula is C11H14O2. The van der Waals surface area contributed by atoms with E-state index in [2.05, 4.69) is 6.07 Å². The zero-order valence-corrected chi connectivity index (χ0v) is 7.73. The van der Waals surface area contributed by atoms with E-state index < -0.39 is 0 Å². The van der Waals surface area contributed by atoms with Gasteiger partial charge in [0, 0.05) is 7.11 Å². The Hall–Kier alpha value is -0.860. The summed E-state index contributed by atoms with van der Waals surface area (Å²) in [5.74, 6) is 0. The van der Waals surface area contributed by atoms with Crippen LogP contribution in [0.3, 0.4) is 0 Å². The van der Waals surface area contributed by atoms with Crippen molar-refractivity contribution in [3.8, 4) is 0 Å². The van der Waals surface area contributed by atoms with Crippen LogP contribution in [0.25, 0.3) is 0 Å². The van der Waals surface area contributed by atoms with Crippen LogP contribution in [0, 0.1) is 0 Å². The summed E-state index contributed by atoms with van der Waals surface area (Å²) in [6, 6.07) is 8.16. The molecule has 0 aromatic heterocycles. The molecule has 2 heteroatoms. The zero-order valence-electron chi connectivity index (χ0n) is 7.73. The number of methoxy groups -OCH3 is 1. The van der Waals surface area contributed by atoms with E-state index in [-0.39, 0.29) is 12.2 Å². The van der Waals surface area contributed by atoms with E-state index in [0.29, 0.717) is 0 Å². The van der Waals surface area contributed by atoms with Gasteiger partial charge in [0.25, 0.3) is 0 Å². The summed E-state index contributed by atoms with van der Waals surface area (Å²) in [5, 5.41) is 9.69. The van der Waals surface area contributed by atoms with Crippen LogP contribution in [0.15, 0.2) is 24.3 Å². The Labute approximate surface area is 78.2 Å². The molecule has 1 N–H and O–H groups in total. The number of rotatable bonds is 1. The Kier molecular flexibility index (Phi) is 2.34. The van der Waals surface area contributed by atoms with E-state index >= 15 is 0 Å². The van der Waals surface area contributed by atoms with E-state index in [1.54, 1.807) is 7.11 Å². The maximum absolute atomic E-state index is 9.69. The zero-order chi connectivity index (χ0) is 9.26. The molecule has 0 saturated carbocycles. The number of hydrogen-bond acceptors (Lipinski definition) is 2. The van der Waals surface area contributed by atoms with Gasteiger partial charge in [-0.3, -0.25) is 0 Å². The third-order valence-electron chi connectivity index (χ3n) is 2.67. The van der Waals surface area contributed by atoms with Crippen LogP contribution in [-0.2, 0) is 11.2 Å². The second-order valence-electron chi connectivity index (χ2n) is 3.46. The van der Waals surface area contributed by atoms with Gasteiger partial charge in [0.2, 0.25) is 0 Å². The molecule has 1 aromatic rings. The van der Waals surface area contributed by atoms with Gasteiger partial charge in [0.05, 0.1) is 6.10 Å². The summed E-state index contributed by atoms with van der Waals surface area (Å²) in [6.07, 6.45) is 1.28. The first kappa shape index (κ1) is 8.73. The third kappa shape index (κ3) is 1.47. The average molecular weight is 178 g/mol. The van der Waals surface area contributed by atoms with Gasteiger partial charge in [-0.1, -0.05) is 24.3 Å². The number of aryl methyl sites for hydroxylation is 1. The van der Waals surface area contributed by atoms with Crippen molar-refractivity contribution in [2.24, 2.45) is 0 Å². The second kappa shape index (κ2) is 3.48. The maximum atomic E-state index is 9.69. The van der Waals surface area contributed by atoms with Gasteiger partial charge in [-0.25, -0.2) is 0 Å². The van der Waals surface area contributed by atoms with Gasteiger partial charge in [0.1, 0.15) is 6.10 Å². The third-order valence-corrected chi connectivity index (χ3v) is 2.67. The normalized spacial score (nSPS) is 26.9. The van der Waals surface area contributed by atoms with Gasteiger partial charge >= 0.3 is 0 Å². The van der Waals surface area contributed by atoms with Crippen molar-refractivity contribution < 1.29 is 9.84 Å². The predicted octanol–water partition coefficient (Wildman–Crippen LogP) is 1.68. The number of fused-ring (bicyclic) bond motifs is 1. The fraction of sp³-hybridized carbons (Fsp3) is 0.455. The number of ether oxygens (including phenoxy) is 1. The highest BCUT2D eigenvalue weighted by Gasteiger charge is 2.27. The molecule has 0 bridgehead atoms. The standard InChI is InChI=1S/C11H14O2/c1-13-11-9-5-3-2-4-8(9)6-7-10(11)12/h2-5,10-12H,6-7H2,1H3. The monoisotopic (exact) mass is 178 g/mol. The van der Waals surface area contributed by atoms with E-state index in [0.717, 1.165) is 18.4 Å². The second-order valence-corrected chi connectivity index (χ2v) is 3.46. The fourth-order valence-corrected chi connectivity index (χ4v) is 1.99. The molecule has 1 aromatic carbocycles. The molecule has 0 saturated heterocycles. The first-order valence-corrected chi connectivity index (χ1v) is 4.61. The molecule has 0 fully saturated rings. The molecular weight excluding hydrogens is 164 g/mol. The summed E-state index contributed by atoms with van der Waals surface area (Å²) >= 11 is 0. The molecule has 1 aliphatic rings. The van der Waals surface area contributed by atoms with Gasteiger partial charge in [-0.2, -0.15) is 0 Å². The van der Waals surface area contributed by atoms with Crippen molar-refractivity contribution in [3.05, 3.63) is 35.4 Å². The van der Waals surface area contributed by atoms with Crippen molar-refractivity contribution in [2.45, 2.75) is 25.0 Å². The number of aliphatic hydroxyl groups is 1. The number of aliphatic hydroxyl groups excluding tert-OH is 1. The predicted molar refractivity (Wildman–Crippen MR) is 50.5 cm³/mol. The summed E-state index contributed by atoms with van der Waals surface area (Å²) in [5.41, 5.74) is 2.45. The lowest BCUT2D eigenvalue weighted by atomic mass is 9.87.